The molecule has 0 unspecified atom stereocenters. The lowest BCUT2D eigenvalue weighted by molar-refractivity contribution is -0.137. The standard InChI is InChI=1S/C24H18F4N6O/c1-13-2-3-14(12-29-13)17-6-5-16(11-18(17)21-31-33-34-32-21)30-22(35)23(8-9-23)19-7-4-15(10-20(19)25)24(26,27)28/h2-7,10-12H,8-9H2,1H3,(H,30,35)(H,31,32,33,34). The summed E-state index contributed by atoms with van der Waals surface area (Å²) in [5.41, 5.74) is 1.02. The summed E-state index contributed by atoms with van der Waals surface area (Å²) in [4.78, 5) is 17.5. The first-order valence-corrected chi connectivity index (χ1v) is 10.7. The maximum Gasteiger partial charge on any atom is 0.416 e. The average molecular weight is 482 g/mol. The van der Waals surface area contributed by atoms with Crippen molar-refractivity contribution in [3.63, 3.8) is 0 Å². The van der Waals surface area contributed by atoms with Gasteiger partial charge in [0, 0.05) is 34.3 Å². The highest BCUT2D eigenvalue weighted by Gasteiger charge is 2.53. The van der Waals surface area contributed by atoms with E-state index >= 15 is 0 Å². The van der Waals surface area contributed by atoms with Crippen LogP contribution in [0.25, 0.3) is 22.5 Å². The lowest BCUT2D eigenvalue weighted by Crippen LogP contribution is -2.29. The molecule has 11 heteroatoms. The van der Waals surface area contributed by atoms with Crippen molar-refractivity contribution in [1.82, 2.24) is 25.6 Å². The number of carbonyl (C=O) groups is 1. The number of rotatable bonds is 5. The van der Waals surface area contributed by atoms with E-state index in [9.17, 15) is 22.4 Å². The summed E-state index contributed by atoms with van der Waals surface area (Å²) in [5.74, 6) is -1.26. The van der Waals surface area contributed by atoms with Gasteiger partial charge in [0.15, 0.2) is 0 Å². The number of aromatic amines is 1. The van der Waals surface area contributed by atoms with Crippen LogP contribution in [0, 0.1) is 12.7 Å². The molecule has 1 aliphatic carbocycles. The third-order valence-electron chi connectivity index (χ3n) is 6.08. The highest BCUT2D eigenvalue weighted by Crippen LogP contribution is 2.50. The summed E-state index contributed by atoms with van der Waals surface area (Å²) in [5, 5.41) is 16.8. The Bertz CT molecular complexity index is 1400. The predicted molar refractivity (Wildman–Crippen MR) is 119 cm³/mol. The van der Waals surface area contributed by atoms with Gasteiger partial charge >= 0.3 is 6.18 Å². The molecule has 178 valence electrons. The van der Waals surface area contributed by atoms with E-state index in [1.54, 1.807) is 24.4 Å². The third kappa shape index (κ3) is 4.25. The Hall–Kier alpha value is -4.15. The second-order valence-corrected chi connectivity index (χ2v) is 8.41. The summed E-state index contributed by atoms with van der Waals surface area (Å²) in [6.07, 6.45) is -2.31. The molecule has 0 bridgehead atoms. The molecule has 1 aliphatic rings. The van der Waals surface area contributed by atoms with Gasteiger partial charge in [-0.25, -0.2) is 4.39 Å². The van der Waals surface area contributed by atoms with E-state index < -0.39 is 28.9 Å². The van der Waals surface area contributed by atoms with Crippen molar-refractivity contribution in [1.29, 1.82) is 0 Å². The number of anilines is 1. The summed E-state index contributed by atoms with van der Waals surface area (Å²) in [7, 11) is 0. The molecule has 0 atom stereocenters. The zero-order valence-corrected chi connectivity index (χ0v) is 18.3. The fourth-order valence-electron chi connectivity index (χ4n) is 4.04. The van der Waals surface area contributed by atoms with Crippen molar-refractivity contribution in [2.75, 3.05) is 5.32 Å². The summed E-state index contributed by atoms with van der Waals surface area (Å²) in [6, 6.07) is 11.1. The predicted octanol–water partition coefficient (Wildman–Crippen LogP) is 5.07. The number of carbonyl (C=O) groups excluding carboxylic acids is 1. The molecule has 4 aromatic rings. The number of nitrogens with one attached hydrogen (secondary N) is 2. The third-order valence-corrected chi connectivity index (χ3v) is 6.08. The smallest absolute Gasteiger partial charge is 0.325 e. The quantitative estimate of drug-likeness (QED) is 0.388. The Morgan fingerprint density at radius 3 is 2.46 bits per heavy atom. The van der Waals surface area contributed by atoms with Crippen LogP contribution >= 0.6 is 0 Å². The first-order valence-electron chi connectivity index (χ1n) is 10.7. The normalized spacial score (nSPS) is 14.5. The van der Waals surface area contributed by atoms with E-state index in [1.807, 2.05) is 19.1 Å². The van der Waals surface area contributed by atoms with Crippen LogP contribution in [0.3, 0.4) is 0 Å². The molecule has 35 heavy (non-hydrogen) atoms. The van der Waals surface area contributed by atoms with Crippen LogP contribution in [0.2, 0.25) is 0 Å². The highest BCUT2D eigenvalue weighted by molar-refractivity contribution is 6.02. The maximum absolute atomic E-state index is 14.6. The van der Waals surface area contributed by atoms with Crippen molar-refractivity contribution in [3.05, 3.63) is 77.4 Å². The van der Waals surface area contributed by atoms with Gasteiger partial charge in [-0.3, -0.25) is 9.78 Å². The van der Waals surface area contributed by atoms with Gasteiger partial charge in [-0.1, -0.05) is 18.2 Å². The van der Waals surface area contributed by atoms with E-state index in [0.717, 1.165) is 29.0 Å². The molecule has 0 aliphatic heterocycles. The van der Waals surface area contributed by atoms with Crippen LogP contribution in [-0.2, 0) is 16.4 Å². The van der Waals surface area contributed by atoms with E-state index in [2.05, 4.69) is 30.9 Å². The highest BCUT2D eigenvalue weighted by atomic mass is 19.4. The van der Waals surface area contributed by atoms with Crippen LogP contribution in [-0.4, -0.2) is 31.5 Å². The fourth-order valence-corrected chi connectivity index (χ4v) is 4.04. The molecule has 2 heterocycles. The number of benzene rings is 2. The van der Waals surface area contributed by atoms with Crippen LogP contribution in [0.15, 0.2) is 54.7 Å². The minimum absolute atomic E-state index is 0.0521. The molecule has 2 aromatic heterocycles. The molecular weight excluding hydrogens is 464 g/mol. The van der Waals surface area contributed by atoms with E-state index in [1.165, 1.54) is 0 Å². The second kappa shape index (κ2) is 8.26. The SMILES string of the molecule is Cc1ccc(-c2ccc(NC(=O)C3(c4ccc(C(F)(F)F)cc4F)CC3)cc2-c2nn[nH]n2)cn1. The summed E-state index contributed by atoms with van der Waals surface area (Å²) in [6.45, 7) is 1.87. The Balaban J connectivity index is 1.46. The molecule has 2 N–H and O–H groups in total. The minimum atomic E-state index is -4.67. The van der Waals surface area contributed by atoms with Gasteiger partial charge in [-0.2, -0.15) is 18.4 Å². The van der Waals surface area contributed by atoms with Crippen LogP contribution in [0.4, 0.5) is 23.2 Å². The largest absolute Gasteiger partial charge is 0.416 e. The molecule has 0 radical (unpaired) electrons. The van der Waals surface area contributed by atoms with Gasteiger partial charge in [-0.05, 0) is 60.9 Å². The lowest BCUT2D eigenvalue weighted by Gasteiger charge is -2.18. The lowest BCUT2D eigenvalue weighted by atomic mass is 9.93. The number of alkyl halides is 3. The number of nitrogens with zero attached hydrogens (tertiary/aromatic N) is 4. The number of pyridine rings is 1. The van der Waals surface area contributed by atoms with Gasteiger partial charge in [0.2, 0.25) is 11.7 Å². The second-order valence-electron chi connectivity index (χ2n) is 8.41. The Morgan fingerprint density at radius 1 is 1.06 bits per heavy atom. The van der Waals surface area contributed by atoms with E-state index in [-0.39, 0.29) is 5.56 Å². The van der Waals surface area contributed by atoms with E-state index in [0.29, 0.717) is 36.0 Å². The summed E-state index contributed by atoms with van der Waals surface area (Å²) >= 11 is 0. The Labute approximate surface area is 196 Å². The average Bonchev–Trinajstić information content (AvgIpc) is 3.44. The van der Waals surface area contributed by atoms with Crippen molar-refractivity contribution in [2.45, 2.75) is 31.4 Å². The van der Waals surface area contributed by atoms with Gasteiger partial charge in [-0.15, -0.1) is 10.2 Å². The number of hydrogen-bond acceptors (Lipinski definition) is 5. The Morgan fingerprint density at radius 2 is 1.86 bits per heavy atom. The molecule has 1 fully saturated rings. The Kier molecular flexibility index (Phi) is 5.34. The number of aromatic nitrogens is 5. The monoisotopic (exact) mass is 482 g/mol. The molecule has 1 saturated carbocycles. The number of halogens is 4. The van der Waals surface area contributed by atoms with Crippen LogP contribution < -0.4 is 5.32 Å². The summed E-state index contributed by atoms with van der Waals surface area (Å²) < 4.78 is 53.4. The van der Waals surface area contributed by atoms with Crippen molar-refractivity contribution in [3.8, 4) is 22.5 Å². The number of hydrogen-bond donors (Lipinski definition) is 2. The number of amides is 1. The molecule has 7 nitrogen and oxygen atoms in total. The van der Waals surface area contributed by atoms with Crippen LogP contribution in [0.5, 0.6) is 0 Å². The zero-order chi connectivity index (χ0) is 24.8. The van der Waals surface area contributed by atoms with E-state index in [4.69, 9.17) is 0 Å². The molecule has 5 rings (SSSR count). The number of H-pyrrole nitrogens is 1. The molecular formula is C24H18F4N6O. The van der Waals surface area contributed by atoms with Crippen LogP contribution in [0.1, 0.15) is 29.7 Å². The first-order chi connectivity index (χ1) is 16.7. The van der Waals surface area contributed by atoms with Gasteiger partial charge in [0.1, 0.15) is 5.82 Å². The molecule has 0 spiro atoms. The van der Waals surface area contributed by atoms with Gasteiger partial charge in [0.25, 0.3) is 0 Å². The topological polar surface area (TPSA) is 96.5 Å². The van der Waals surface area contributed by atoms with Crippen molar-refractivity contribution < 1.29 is 22.4 Å². The molecule has 2 aromatic carbocycles. The number of aryl methyl sites for hydroxylation is 1. The zero-order valence-electron chi connectivity index (χ0n) is 18.3. The molecule has 0 saturated heterocycles. The first kappa shape index (κ1) is 22.6. The van der Waals surface area contributed by atoms with Gasteiger partial charge < -0.3 is 5.32 Å². The molecule has 1 amide bonds. The maximum atomic E-state index is 14.6. The van der Waals surface area contributed by atoms with Crippen molar-refractivity contribution in [2.24, 2.45) is 0 Å². The number of tetrazole rings is 1. The van der Waals surface area contributed by atoms with Gasteiger partial charge in [0.05, 0.1) is 11.0 Å². The van der Waals surface area contributed by atoms with Crippen molar-refractivity contribution >= 4 is 11.6 Å². The fraction of sp³-hybridized carbons (Fsp3) is 0.208. The minimum Gasteiger partial charge on any atom is -0.325 e.